The number of hydrogen-bond donors (Lipinski definition) is 0. The molecule has 0 bridgehead atoms. The van der Waals surface area contributed by atoms with Crippen LogP contribution in [-0.4, -0.2) is 28.1 Å². The van der Waals surface area contributed by atoms with Crippen molar-refractivity contribution in [3.63, 3.8) is 0 Å². The van der Waals surface area contributed by atoms with Crippen molar-refractivity contribution < 1.29 is 18.8 Å². The molecule has 0 fully saturated rings. The van der Waals surface area contributed by atoms with E-state index in [9.17, 15) is 9.59 Å². The molecule has 0 saturated carbocycles. The van der Waals surface area contributed by atoms with Crippen LogP contribution in [0.25, 0.3) is 5.82 Å². The number of ether oxygens (including phenoxy) is 1. The molecule has 0 atom stereocenters. The number of carbonyl (C=O) groups is 2. The SMILES string of the molecule is Cc1cc(-n2c(C)cc(C(=O)COC(=O)Cc3ccc4c(c3)CCC4)c2C)no1. The third kappa shape index (κ3) is 3.88. The van der Waals surface area contributed by atoms with Gasteiger partial charge in [0.2, 0.25) is 5.78 Å². The summed E-state index contributed by atoms with van der Waals surface area (Å²) in [7, 11) is 0. The van der Waals surface area contributed by atoms with E-state index in [-0.39, 0.29) is 18.8 Å². The van der Waals surface area contributed by atoms with Crippen LogP contribution in [-0.2, 0) is 28.8 Å². The second-order valence-electron chi connectivity index (χ2n) is 7.63. The topological polar surface area (TPSA) is 74.3 Å². The summed E-state index contributed by atoms with van der Waals surface area (Å²) in [6.45, 7) is 5.29. The summed E-state index contributed by atoms with van der Waals surface area (Å²) in [4.78, 5) is 24.9. The van der Waals surface area contributed by atoms with Crippen LogP contribution >= 0.6 is 0 Å². The summed E-state index contributed by atoms with van der Waals surface area (Å²) in [5, 5.41) is 4.02. The highest BCUT2D eigenvalue weighted by atomic mass is 16.5. The van der Waals surface area contributed by atoms with Crippen molar-refractivity contribution in [2.45, 2.75) is 46.5 Å². The molecular formula is C23H24N2O4. The van der Waals surface area contributed by atoms with E-state index < -0.39 is 5.97 Å². The largest absolute Gasteiger partial charge is 0.457 e. The molecule has 0 spiro atoms. The molecule has 0 saturated heterocycles. The van der Waals surface area contributed by atoms with E-state index in [2.05, 4.69) is 17.3 Å². The Morgan fingerprint density at radius 1 is 1.10 bits per heavy atom. The molecule has 29 heavy (non-hydrogen) atoms. The lowest BCUT2D eigenvalue weighted by molar-refractivity contribution is -0.141. The van der Waals surface area contributed by atoms with Crippen LogP contribution in [0.1, 0.15) is 50.6 Å². The molecule has 0 unspecified atom stereocenters. The van der Waals surface area contributed by atoms with E-state index in [1.807, 2.05) is 37.5 Å². The second kappa shape index (κ2) is 7.70. The minimum absolute atomic E-state index is 0.178. The molecule has 2 aromatic heterocycles. The number of ketones is 1. The van der Waals surface area contributed by atoms with Crippen molar-refractivity contribution in [3.8, 4) is 5.82 Å². The Morgan fingerprint density at radius 3 is 2.66 bits per heavy atom. The molecule has 4 rings (SSSR count). The lowest BCUT2D eigenvalue weighted by Gasteiger charge is -2.07. The summed E-state index contributed by atoms with van der Waals surface area (Å²) in [5.74, 6) is 0.704. The van der Waals surface area contributed by atoms with Gasteiger partial charge in [-0.1, -0.05) is 23.4 Å². The lowest BCUT2D eigenvalue weighted by Crippen LogP contribution is -2.16. The van der Waals surface area contributed by atoms with Gasteiger partial charge in [0.05, 0.1) is 6.42 Å². The molecule has 6 heteroatoms. The number of aryl methyl sites for hydroxylation is 4. The van der Waals surface area contributed by atoms with E-state index in [1.165, 1.54) is 17.5 Å². The summed E-state index contributed by atoms with van der Waals surface area (Å²) >= 11 is 0. The molecule has 1 aliphatic carbocycles. The number of benzene rings is 1. The first-order valence-electron chi connectivity index (χ1n) is 9.84. The highest BCUT2D eigenvalue weighted by Crippen LogP contribution is 2.23. The number of rotatable bonds is 6. The van der Waals surface area contributed by atoms with Gasteiger partial charge in [-0.15, -0.1) is 0 Å². The predicted octanol–water partition coefficient (Wildman–Crippen LogP) is 3.85. The molecule has 2 heterocycles. The first-order chi connectivity index (χ1) is 13.9. The van der Waals surface area contributed by atoms with Gasteiger partial charge in [-0.25, -0.2) is 0 Å². The number of Topliss-reactive ketones (excluding diaryl/α,β-unsaturated/α-hetero) is 1. The van der Waals surface area contributed by atoms with Crippen molar-refractivity contribution >= 4 is 11.8 Å². The zero-order chi connectivity index (χ0) is 20.5. The number of hydrogen-bond acceptors (Lipinski definition) is 5. The molecule has 0 N–H and O–H groups in total. The van der Waals surface area contributed by atoms with Gasteiger partial charge in [0, 0.05) is 23.0 Å². The van der Waals surface area contributed by atoms with E-state index in [0.29, 0.717) is 17.1 Å². The Bertz CT molecular complexity index is 1090. The molecule has 6 nitrogen and oxygen atoms in total. The third-order valence-electron chi connectivity index (χ3n) is 5.45. The van der Waals surface area contributed by atoms with Crippen molar-refractivity contribution in [1.82, 2.24) is 9.72 Å². The van der Waals surface area contributed by atoms with Crippen LogP contribution in [0, 0.1) is 20.8 Å². The van der Waals surface area contributed by atoms with Gasteiger partial charge in [-0.3, -0.25) is 14.2 Å². The first kappa shape index (κ1) is 19.2. The minimum Gasteiger partial charge on any atom is -0.457 e. The van der Waals surface area contributed by atoms with E-state index in [0.717, 1.165) is 29.8 Å². The summed E-state index contributed by atoms with van der Waals surface area (Å²) in [5.41, 5.74) is 5.76. The zero-order valence-corrected chi connectivity index (χ0v) is 16.9. The normalized spacial score (nSPS) is 12.8. The lowest BCUT2D eigenvalue weighted by atomic mass is 10.0. The number of aromatic nitrogens is 2. The van der Waals surface area contributed by atoms with Crippen LogP contribution in [0.5, 0.6) is 0 Å². The summed E-state index contributed by atoms with van der Waals surface area (Å²) < 4.78 is 12.3. The number of carbonyl (C=O) groups excluding carboxylic acids is 2. The fraction of sp³-hybridized carbons (Fsp3) is 0.348. The van der Waals surface area contributed by atoms with Crippen LogP contribution < -0.4 is 0 Å². The number of fused-ring (bicyclic) bond motifs is 1. The van der Waals surface area contributed by atoms with Crippen LogP contribution in [0.2, 0.25) is 0 Å². The number of esters is 1. The van der Waals surface area contributed by atoms with Crippen molar-refractivity contribution in [2.24, 2.45) is 0 Å². The minimum atomic E-state index is -0.391. The first-order valence-corrected chi connectivity index (χ1v) is 9.84. The second-order valence-corrected chi connectivity index (χ2v) is 7.63. The smallest absolute Gasteiger partial charge is 0.310 e. The number of nitrogens with zero attached hydrogens (tertiary/aromatic N) is 2. The zero-order valence-electron chi connectivity index (χ0n) is 16.9. The van der Waals surface area contributed by atoms with Gasteiger partial charge in [0.1, 0.15) is 5.76 Å². The van der Waals surface area contributed by atoms with Gasteiger partial charge in [-0.2, -0.15) is 0 Å². The van der Waals surface area contributed by atoms with Crippen LogP contribution in [0.4, 0.5) is 0 Å². The average molecular weight is 392 g/mol. The summed E-state index contributed by atoms with van der Waals surface area (Å²) in [6.07, 6.45) is 3.53. The van der Waals surface area contributed by atoms with Gasteiger partial charge < -0.3 is 9.26 Å². The van der Waals surface area contributed by atoms with Gasteiger partial charge >= 0.3 is 5.97 Å². The maximum atomic E-state index is 12.6. The molecule has 1 aliphatic rings. The summed E-state index contributed by atoms with van der Waals surface area (Å²) in [6, 6.07) is 9.75. The molecule has 0 amide bonds. The molecule has 0 radical (unpaired) electrons. The fourth-order valence-corrected chi connectivity index (χ4v) is 4.03. The van der Waals surface area contributed by atoms with Gasteiger partial charge in [0.15, 0.2) is 12.4 Å². The monoisotopic (exact) mass is 392 g/mol. The van der Waals surface area contributed by atoms with Gasteiger partial charge in [-0.05, 0) is 62.8 Å². The third-order valence-corrected chi connectivity index (χ3v) is 5.45. The highest BCUT2D eigenvalue weighted by Gasteiger charge is 2.20. The Morgan fingerprint density at radius 2 is 1.90 bits per heavy atom. The Labute approximate surface area is 169 Å². The van der Waals surface area contributed by atoms with Crippen molar-refractivity contribution in [1.29, 1.82) is 0 Å². The average Bonchev–Trinajstić information content (AvgIpc) is 3.38. The van der Waals surface area contributed by atoms with Crippen LogP contribution in [0.3, 0.4) is 0 Å². The van der Waals surface area contributed by atoms with Crippen molar-refractivity contribution in [3.05, 3.63) is 69.7 Å². The fourth-order valence-electron chi connectivity index (χ4n) is 4.03. The maximum absolute atomic E-state index is 12.6. The molecule has 0 aliphatic heterocycles. The molecule has 150 valence electrons. The van der Waals surface area contributed by atoms with Crippen LogP contribution in [0.15, 0.2) is 34.9 Å². The Kier molecular flexibility index (Phi) is 5.09. The molecule has 3 aromatic rings. The van der Waals surface area contributed by atoms with Crippen molar-refractivity contribution in [2.75, 3.05) is 6.61 Å². The van der Waals surface area contributed by atoms with E-state index in [4.69, 9.17) is 9.26 Å². The van der Waals surface area contributed by atoms with Gasteiger partial charge in [0.25, 0.3) is 0 Å². The highest BCUT2D eigenvalue weighted by molar-refractivity contribution is 5.99. The Hall–Kier alpha value is -3.15. The Balaban J connectivity index is 1.40. The quantitative estimate of drug-likeness (QED) is 0.471. The predicted molar refractivity (Wildman–Crippen MR) is 108 cm³/mol. The maximum Gasteiger partial charge on any atom is 0.310 e. The molecular weight excluding hydrogens is 368 g/mol. The standard InChI is InChI=1S/C23H24N2O4/c1-14-9-20(16(3)25(14)22-10-15(2)29-24-22)21(26)13-28-23(27)12-17-7-8-18-5-4-6-19(18)11-17/h7-11H,4-6,12-13H2,1-3H3. The molecule has 1 aromatic carbocycles. The van der Waals surface area contributed by atoms with E-state index >= 15 is 0 Å². The van der Waals surface area contributed by atoms with E-state index in [1.54, 1.807) is 6.07 Å².